The number of phenolic OH excluding ortho intramolecular Hbond substituents is 1. The Hall–Kier alpha value is -1.13. The summed E-state index contributed by atoms with van der Waals surface area (Å²) in [5, 5.41) is 13.2. The van der Waals surface area contributed by atoms with Gasteiger partial charge in [0, 0.05) is 17.6 Å². The maximum atomic E-state index is 13.2. The van der Waals surface area contributed by atoms with Crippen molar-refractivity contribution in [2.45, 2.75) is 31.8 Å². The van der Waals surface area contributed by atoms with Crippen molar-refractivity contribution in [3.8, 4) is 5.75 Å². The van der Waals surface area contributed by atoms with Crippen molar-refractivity contribution in [3.63, 3.8) is 0 Å². The fraction of sp³-hybridized carbons (Fsp3) is 0.571. The van der Waals surface area contributed by atoms with E-state index in [4.69, 9.17) is 0 Å². The van der Waals surface area contributed by atoms with Crippen molar-refractivity contribution in [2.24, 2.45) is 0 Å². The van der Waals surface area contributed by atoms with Gasteiger partial charge in [0.25, 0.3) is 0 Å². The first-order valence-electron chi connectivity index (χ1n) is 6.49. The van der Waals surface area contributed by atoms with Gasteiger partial charge in [-0.15, -0.1) is 0 Å². The van der Waals surface area contributed by atoms with E-state index in [2.05, 4.69) is 17.3 Å². The Bertz CT molecular complexity index is 403. The molecular formula is C14H21FN2O. The standard InChI is InChI=1S/C14H21FN2O/c1-10(13-9-11(15)3-4-14(13)18)16-12-5-7-17(2)8-6-12/h3-4,9-10,12,16,18H,5-8H2,1-2H3. The highest BCUT2D eigenvalue weighted by Gasteiger charge is 2.20. The lowest BCUT2D eigenvalue weighted by Crippen LogP contribution is -2.41. The van der Waals surface area contributed by atoms with E-state index in [1.165, 1.54) is 18.2 Å². The monoisotopic (exact) mass is 252 g/mol. The summed E-state index contributed by atoms with van der Waals surface area (Å²) in [6, 6.07) is 4.51. The molecule has 2 N–H and O–H groups in total. The van der Waals surface area contributed by atoms with E-state index in [1.807, 2.05) is 6.92 Å². The van der Waals surface area contributed by atoms with E-state index in [9.17, 15) is 9.50 Å². The molecule has 0 bridgehead atoms. The Labute approximate surface area is 108 Å². The molecule has 1 unspecified atom stereocenters. The molecule has 1 heterocycles. The van der Waals surface area contributed by atoms with Crippen LogP contribution in [0.3, 0.4) is 0 Å². The quantitative estimate of drug-likeness (QED) is 0.866. The largest absolute Gasteiger partial charge is 0.508 e. The van der Waals surface area contributed by atoms with E-state index >= 15 is 0 Å². The minimum Gasteiger partial charge on any atom is -0.508 e. The van der Waals surface area contributed by atoms with Gasteiger partial charge in [-0.05, 0) is 58.1 Å². The van der Waals surface area contributed by atoms with Crippen LogP contribution in [0.25, 0.3) is 0 Å². The fourth-order valence-corrected chi connectivity index (χ4v) is 2.49. The van der Waals surface area contributed by atoms with Gasteiger partial charge in [-0.2, -0.15) is 0 Å². The Morgan fingerprint density at radius 2 is 2.06 bits per heavy atom. The third kappa shape index (κ3) is 3.21. The van der Waals surface area contributed by atoms with Gasteiger partial charge in [-0.1, -0.05) is 0 Å². The topological polar surface area (TPSA) is 35.5 Å². The SMILES string of the molecule is CC(NC1CCN(C)CC1)c1cc(F)ccc1O. The predicted molar refractivity (Wildman–Crippen MR) is 70.1 cm³/mol. The molecule has 4 heteroatoms. The zero-order chi connectivity index (χ0) is 13.1. The second-order valence-electron chi connectivity index (χ2n) is 5.17. The lowest BCUT2D eigenvalue weighted by Gasteiger charge is -2.31. The normalized spacial score (nSPS) is 19.9. The van der Waals surface area contributed by atoms with Gasteiger partial charge in [-0.25, -0.2) is 4.39 Å². The van der Waals surface area contributed by atoms with Gasteiger partial charge in [0.05, 0.1) is 0 Å². The number of nitrogens with zero attached hydrogens (tertiary/aromatic N) is 1. The second kappa shape index (κ2) is 5.67. The molecule has 0 saturated carbocycles. The Kier molecular flexibility index (Phi) is 4.19. The average molecular weight is 252 g/mol. The molecule has 1 fully saturated rings. The lowest BCUT2D eigenvalue weighted by molar-refractivity contribution is 0.226. The summed E-state index contributed by atoms with van der Waals surface area (Å²) in [4.78, 5) is 2.31. The number of hydrogen-bond acceptors (Lipinski definition) is 3. The molecule has 1 aromatic carbocycles. The van der Waals surface area contributed by atoms with E-state index < -0.39 is 0 Å². The van der Waals surface area contributed by atoms with Crippen LogP contribution in [0.1, 0.15) is 31.4 Å². The molecular weight excluding hydrogens is 231 g/mol. The van der Waals surface area contributed by atoms with Crippen LogP contribution < -0.4 is 5.32 Å². The number of benzene rings is 1. The number of aromatic hydroxyl groups is 1. The van der Waals surface area contributed by atoms with Gasteiger partial charge in [0.2, 0.25) is 0 Å². The molecule has 2 rings (SSSR count). The van der Waals surface area contributed by atoms with Gasteiger partial charge < -0.3 is 15.3 Å². The van der Waals surface area contributed by atoms with Crippen molar-refractivity contribution in [3.05, 3.63) is 29.6 Å². The molecule has 18 heavy (non-hydrogen) atoms. The summed E-state index contributed by atoms with van der Waals surface area (Å²) in [6.45, 7) is 4.13. The van der Waals surface area contributed by atoms with Crippen molar-refractivity contribution in [1.82, 2.24) is 10.2 Å². The highest BCUT2D eigenvalue weighted by Crippen LogP contribution is 2.26. The van der Waals surface area contributed by atoms with Crippen LogP contribution in [0.4, 0.5) is 4.39 Å². The zero-order valence-corrected chi connectivity index (χ0v) is 11.0. The number of piperidine rings is 1. The van der Waals surface area contributed by atoms with Crippen LogP contribution in [0, 0.1) is 5.82 Å². The Morgan fingerprint density at radius 3 is 2.72 bits per heavy atom. The molecule has 1 aliphatic rings. The number of likely N-dealkylation sites (tertiary alicyclic amines) is 1. The molecule has 1 aliphatic heterocycles. The molecule has 0 aromatic heterocycles. The Morgan fingerprint density at radius 1 is 1.39 bits per heavy atom. The molecule has 1 aromatic rings. The molecule has 0 amide bonds. The van der Waals surface area contributed by atoms with Crippen molar-refractivity contribution in [1.29, 1.82) is 0 Å². The number of phenols is 1. The number of hydrogen-bond donors (Lipinski definition) is 2. The van der Waals surface area contributed by atoms with E-state index in [0.29, 0.717) is 11.6 Å². The summed E-state index contributed by atoms with van der Waals surface area (Å²) in [5.74, 6) is -0.149. The summed E-state index contributed by atoms with van der Waals surface area (Å²) in [5.41, 5.74) is 0.633. The van der Waals surface area contributed by atoms with E-state index in [1.54, 1.807) is 0 Å². The van der Waals surface area contributed by atoms with Gasteiger partial charge in [0.15, 0.2) is 0 Å². The molecule has 0 aliphatic carbocycles. The molecule has 1 atom stereocenters. The fourth-order valence-electron chi connectivity index (χ4n) is 2.49. The third-order valence-corrected chi connectivity index (χ3v) is 3.66. The molecule has 3 nitrogen and oxygen atoms in total. The maximum absolute atomic E-state index is 13.2. The smallest absolute Gasteiger partial charge is 0.123 e. The summed E-state index contributed by atoms with van der Waals surface area (Å²) in [6.07, 6.45) is 2.19. The van der Waals surface area contributed by atoms with Gasteiger partial charge in [-0.3, -0.25) is 0 Å². The number of nitrogens with one attached hydrogen (secondary N) is 1. The number of rotatable bonds is 3. The molecule has 1 saturated heterocycles. The highest BCUT2D eigenvalue weighted by atomic mass is 19.1. The van der Waals surface area contributed by atoms with Crippen LogP contribution in [0.5, 0.6) is 5.75 Å². The average Bonchev–Trinajstić information content (AvgIpc) is 2.35. The molecule has 100 valence electrons. The van der Waals surface area contributed by atoms with Crippen LogP contribution in [0.15, 0.2) is 18.2 Å². The summed E-state index contributed by atoms with van der Waals surface area (Å²) < 4.78 is 13.2. The van der Waals surface area contributed by atoms with Crippen LogP contribution in [-0.4, -0.2) is 36.2 Å². The first-order valence-corrected chi connectivity index (χ1v) is 6.49. The highest BCUT2D eigenvalue weighted by molar-refractivity contribution is 5.34. The van der Waals surface area contributed by atoms with Crippen molar-refractivity contribution in [2.75, 3.05) is 20.1 Å². The maximum Gasteiger partial charge on any atom is 0.123 e. The zero-order valence-electron chi connectivity index (χ0n) is 11.0. The summed E-state index contributed by atoms with van der Waals surface area (Å²) in [7, 11) is 2.12. The minimum absolute atomic E-state index is 0.0332. The molecule has 0 radical (unpaired) electrons. The van der Waals surface area contributed by atoms with Crippen LogP contribution in [-0.2, 0) is 0 Å². The van der Waals surface area contributed by atoms with Gasteiger partial charge in [0.1, 0.15) is 11.6 Å². The van der Waals surface area contributed by atoms with Crippen LogP contribution in [0.2, 0.25) is 0 Å². The second-order valence-corrected chi connectivity index (χ2v) is 5.17. The van der Waals surface area contributed by atoms with E-state index in [-0.39, 0.29) is 17.6 Å². The first-order chi connectivity index (χ1) is 8.56. The van der Waals surface area contributed by atoms with Crippen molar-refractivity contribution >= 4 is 0 Å². The van der Waals surface area contributed by atoms with Gasteiger partial charge >= 0.3 is 0 Å². The Balaban J connectivity index is 1.98. The first kappa shape index (κ1) is 13.3. The van der Waals surface area contributed by atoms with E-state index in [0.717, 1.165) is 25.9 Å². The molecule has 0 spiro atoms. The predicted octanol–water partition coefficient (Wildman–Crippen LogP) is 2.28. The van der Waals surface area contributed by atoms with Crippen LogP contribution >= 0.6 is 0 Å². The minimum atomic E-state index is -0.306. The lowest BCUT2D eigenvalue weighted by atomic mass is 10.0. The summed E-state index contributed by atoms with van der Waals surface area (Å²) >= 11 is 0. The van der Waals surface area contributed by atoms with Crippen molar-refractivity contribution < 1.29 is 9.50 Å². The third-order valence-electron chi connectivity index (χ3n) is 3.66. The number of halogens is 1.